The van der Waals surface area contributed by atoms with E-state index >= 15 is 0 Å². The topological polar surface area (TPSA) is 59.1 Å². The average Bonchev–Trinajstić information content (AvgIpc) is 2.97. The zero-order valence-electron chi connectivity index (χ0n) is 18.7. The predicted molar refractivity (Wildman–Crippen MR) is 123 cm³/mol. The lowest BCUT2D eigenvalue weighted by Gasteiger charge is -2.41. The molecule has 2 aromatic rings. The predicted octanol–water partition coefficient (Wildman–Crippen LogP) is 5.35. The highest BCUT2D eigenvalue weighted by Gasteiger charge is 2.50. The van der Waals surface area contributed by atoms with Crippen molar-refractivity contribution in [1.82, 2.24) is 9.80 Å². The second kappa shape index (κ2) is 8.17. The SMILES string of the molecule is COc1ccc(CN2C(=O)c3cccc(Cl)c3C23C=CN(C(=O)OC(C)(C)C)CC3)cc1. The molecule has 2 amide bonds. The normalized spacial score (nSPS) is 20.0. The van der Waals surface area contributed by atoms with Crippen molar-refractivity contribution in [3.8, 4) is 5.75 Å². The first-order valence-electron chi connectivity index (χ1n) is 10.6. The van der Waals surface area contributed by atoms with Gasteiger partial charge in [-0.25, -0.2) is 4.79 Å². The summed E-state index contributed by atoms with van der Waals surface area (Å²) in [7, 11) is 1.62. The van der Waals surface area contributed by atoms with Crippen LogP contribution in [-0.4, -0.2) is 41.1 Å². The van der Waals surface area contributed by atoms with Gasteiger partial charge in [0.2, 0.25) is 0 Å². The fraction of sp³-hybridized carbons (Fsp3) is 0.360. The summed E-state index contributed by atoms with van der Waals surface area (Å²) in [5, 5.41) is 0.545. The number of nitrogens with zero attached hydrogens (tertiary/aromatic N) is 2. The van der Waals surface area contributed by atoms with Gasteiger partial charge in [0.15, 0.2) is 0 Å². The van der Waals surface area contributed by atoms with E-state index < -0.39 is 17.2 Å². The monoisotopic (exact) mass is 454 g/mol. The van der Waals surface area contributed by atoms with Crippen molar-refractivity contribution in [1.29, 1.82) is 0 Å². The Morgan fingerprint density at radius 3 is 2.47 bits per heavy atom. The molecule has 0 saturated carbocycles. The number of ether oxygens (including phenoxy) is 2. The van der Waals surface area contributed by atoms with Gasteiger partial charge >= 0.3 is 6.09 Å². The lowest BCUT2D eigenvalue weighted by molar-refractivity contribution is 0.0269. The van der Waals surface area contributed by atoms with E-state index in [0.717, 1.165) is 16.9 Å². The van der Waals surface area contributed by atoms with Gasteiger partial charge in [0.25, 0.3) is 5.91 Å². The van der Waals surface area contributed by atoms with Crippen LogP contribution in [0.2, 0.25) is 5.02 Å². The van der Waals surface area contributed by atoms with Gasteiger partial charge in [0, 0.05) is 35.4 Å². The minimum atomic E-state index is -0.733. The summed E-state index contributed by atoms with van der Waals surface area (Å²) >= 11 is 6.62. The van der Waals surface area contributed by atoms with Crippen molar-refractivity contribution in [2.45, 2.75) is 44.9 Å². The van der Waals surface area contributed by atoms with Gasteiger partial charge < -0.3 is 14.4 Å². The Labute approximate surface area is 193 Å². The summed E-state index contributed by atoms with van der Waals surface area (Å²) in [6.45, 7) is 6.32. The molecule has 0 bridgehead atoms. The molecule has 1 spiro atoms. The number of carbonyl (C=O) groups is 2. The van der Waals surface area contributed by atoms with Gasteiger partial charge in [-0.1, -0.05) is 29.8 Å². The van der Waals surface area contributed by atoms with Crippen LogP contribution in [0.5, 0.6) is 5.75 Å². The molecule has 0 N–H and O–H groups in total. The van der Waals surface area contributed by atoms with Gasteiger partial charge in [-0.3, -0.25) is 9.69 Å². The maximum Gasteiger partial charge on any atom is 0.414 e. The zero-order valence-corrected chi connectivity index (χ0v) is 19.5. The van der Waals surface area contributed by atoms with Gasteiger partial charge in [0.05, 0.1) is 12.6 Å². The molecule has 0 fully saturated rings. The third-order valence-electron chi connectivity index (χ3n) is 5.80. The quantitative estimate of drug-likeness (QED) is 0.626. The Kier molecular flexibility index (Phi) is 5.67. The van der Waals surface area contributed by atoms with Crippen LogP contribution in [0.3, 0.4) is 0 Å². The van der Waals surface area contributed by atoms with Crippen molar-refractivity contribution in [2.75, 3.05) is 13.7 Å². The lowest BCUT2D eigenvalue weighted by atomic mass is 9.84. The molecule has 32 heavy (non-hydrogen) atoms. The number of fused-ring (bicyclic) bond motifs is 2. The highest BCUT2D eigenvalue weighted by atomic mass is 35.5. The van der Waals surface area contributed by atoms with E-state index in [1.807, 2.05) is 62.1 Å². The fourth-order valence-electron chi connectivity index (χ4n) is 4.30. The number of methoxy groups -OCH3 is 1. The highest BCUT2D eigenvalue weighted by molar-refractivity contribution is 6.32. The minimum Gasteiger partial charge on any atom is -0.497 e. The molecule has 0 saturated heterocycles. The molecule has 2 aliphatic rings. The van der Waals surface area contributed by atoms with Crippen LogP contribution in [-0.2, 0) is 16.8 Å². The Morgan fingerprint density at radius 1 is 1.16 bits per heavy atom. The first kappa shape index (κ1) is 22.2. The molecule has 0 radical (unpaired) electrons. The van der Waals surface area contributed by atoms with Crippen molar-refractivity contribution < 1.29 is 19.1 Å². The zero-order chi connectivity index (χ0) is 23.1. The van der Waals surface area contributed by atoms with Gasteiger partial charge in [-0.15, -0.1) is 0 Å². The number of rotatable bonds is 3. The maximum atomic E-state index is 13.5. The summed E-state index contributed by atoms with van der Waals surface area (Å²) in [6, 6.07) is 13.1. The second-order valence-electron chi connectivity index (χ2n) is 9.07. The van der Waals surface area contributed by atoms with Crippen LogP contribution >= 0.6 is 11.6 Å². The fourth-order valence-corrected chi connectivity index (χ4v) is 4.64. The molecular formula is C25H27ClN2O4. The van der Waals surface area contributed by atoms with Crippen molar-refractivity contribution in [3.63, 3.8) is 0 Å². The molecule has 0 aliphatic carbocycles. The molecule has 2 aromatic carbocycles. The number of hydrogen-bond donors (Lipinski definition) is 0. The summed E-state index contributed by atoms with van der Waals surface area (Å²) in [4.78, 5) is 29.4. The van der Waals surface area contributed by atoms with E-state index in [9.17, 15) is 9.59 Å². The van der Waals surface area contributed by atoms with E-state index in [2.05, 4.69) is 0 Å². The highest BCUT2D eigenvalue weighted by Crippen LogP contribution is 2.48. The number of benzene rings is 2. The Morgan fingerprint density at radius 2 is 1.88 bits per heavy atom. The Hall–Kier alpha value is -2.99. The lowest BCUT2D eigenvalue weighted by Crippen LogP contribution is -2.48. The van der Waals surface area contributed by atoms with Gasteiger partial charge in [-0.05, 0) is 63.1 Å². The molecule has 0 aromatic heterocycles. The summed E-state index contributed by atoms with van der Waals surface area (Å²) in [5.74, 6) is 0.682. The van der Waals surface area contributed by atoms with Crippen LogP contribution in [0.25, 0.3) is 0 Å². The first-order valence-corrected chi connectivity index (χ1v) is 11.0. The Balaban J connectivity index is 1.70. The number of halogens is 1. The van der Waals surface area contributed by atoms with E-state index in [1.54, 1.807) is 30.3 Å². The molecule has 6 nitrogen and oxygen atoms in total. The first-order chi connectivity index (χ1) is 15.1. The Bertz CT molecular complexity index is 1070. The van der Waals surface area contributed by atoms with Crippen LogP contribution in [0.1, 0.15) is 48.7 Å². The molecule has 1 unspecified atom stereocenters. The largest absolute Gasteiger partial charge is 0.497 e. The standard InChI is InChI=1S/C25H27ClN2O4/c1-24(2,3)32-23(30)27-14-12-25(13-15-27)21-19(6-5-7-20(21)26)22(29)28(25)16-17-8-10-18(31-4)11-9-17/h5-12,14H,13,15-16H2,1-4H3. The smallest absolute Gasteiger partial charge is 0.414 e. The van der Waals surface area contributed by atoms with E-state index in [1.165, 1.54) is 0 Å². The van der Waals surface area contributed by atoms with Gasteiger partial charge in [-0.2, -0.15) is 0 Å². The van der Waals surface area contributed by atoms with Crippen molar-refractivity contribution in [2.24, 2.45) is 0 Å². The van der Waals surface area contributed by atoms with Crippen molar-refractivity contribution >= 4 is 23.6 Å². The van der Waals surface area contributed by atoms with Crippen LogP contribution in [0.4, 0.5) is 4.79 Å². The number of amides is 2. The average molecular weight is 455 g/mol. The summed E-state index contributed by atoms with van der Waals surface area (Å²) in [5.41, 5.74) is 1.05. The number of hydrogen-bond acceptors (Lipinski definition) is 4. The molecule has 2 aliphatic heterocycles. The molecule has 7 heteroatoms. The third-order valence-corrected chi connectivity index (χ3v) is 6.11. The van der Waals surface area contributed by atoms with E-state index in [-0.39, 0.29) is 5.91 Å². The summed E-state index contributed by atoms with van der Waals surface area (Å²) in [6.07, 6.45) is 3.72. The third kappa shape index (κ3) is 3.95. The van der Waals surface area contributed by atoms with E-state index in [0.29, 0.717) is 30.1 Å². The van der Waals surface area contributed by atoms with Crippen molar-refractivity contribution in [3.05, 3.63) is 76.5 Å². The molecule has 1 atom stereocenters. The van der Waals surface area contributed by atoms with Crippen LogP contribution < -0.4 is 4.74 Å². The molecule has 4 rings (SSSR count). The summed E-state index contributed by atoms with van der Waals surface area (Å²) < 4.78 is 10.8. The second-order valence-corrected chi connectivity index (χ2v) is 9.47. The molecular weight excluding hydrogens is 428 g/mol. The molecule has 2 heterocycles. The maximum absolute atomic E-state index is 13.5. The molecule has 168 valence electrons. The van der Waals surface area contributed by atoms with Crippen LogP contribution in [0, 0.1) is 0 Å². The minimum absolute atomic E-state index is 0.0753. The van der Waals surface area contributed by atoms with E-state index in [4.69, 9.17) is 21.1 Å². The van der Waals surface area contributed by atoms with Gasteiger partial charge in [0.1, 0.15) is 11.4 Å². The van der Waals surface area contributed by atoms with Crippen LogP contribution in [0.15, 0.2) is 54.7 Å². The number of carbonyl (C=O) groups excluding carboxylic acids is 2.